The fourth-order valence-electron chi connectivity index (χ4n) is 10.3. The minimum absolute atomic E-state index is 0.0209. The minimum atomic E-state index is -4.86. The molecule has 0 bridgehead atoms. The summed E-state index contributed by atoms with van der Waals surface area (Å²) in [5.41, 5.74) is 4.63. The number of benzene rings is 1. The number of hydrogen-bond acceptors (Lipinski definition) is 10. The lowest BCUT2D eigenvalue weighted by atomic mass is 9.86. The highest BCUT2D eigenvalue weighted by Gasteiger charge is 2.50. The van der Waals surface area contributed by atoms with Crippen LogP contribution in [0.1, 0.15) is 96.0 Å². The molecule has 6 aliphatic rings. The number of halogens is 6. The number of fused-ring (bicyclic) bond motifs is 3. The number of alkyl halides is 4. The first-order valence-corrected chi connectivity index (χ1v) is 20.3. The number of piperidine rings is 1. The molecule has 1 aromatic carbocycles. The van der Waals surface area contributed by atoms with E-state index in [1.807, 2.05) is 9.80 Å². The highest BCUT2D eigenvalue weighted by molar-refractivity contribution is 6.34. The van der Waals surface area contributed by atoms with Crippen LogP contribution in [0.2, 0.25) is 5.02 Å². The zero-order valence-corrected chi connectivity index (χ0v) is 32.6. The van der Waals surface area contributed by atoms with Gasteiger partial charge < -0.3 is 25.0 Å². The molecule has 0 aliphatic carbocycles. The number of likely N-dealkylation sites (tertiary alicyclic amines) is 2. The van der Waals surface area contributed by atoms with Crippen molar-refractivity contribution in [2.45, 2.75) is 107 Å². The number of ether oxygens (including phenoxy) is 2. The largest absolute Gasteiger partial charge is 0.461 e. The molecular weight excluding hydrogens is 773 g/mol. The molecule has 12 nitrogen and oxygen atoms in total. The quantitative estimate of drug-likeness (QED) is 0.237. The predicted molar refractivity (Wildman–Crippen MR) is 200 cm³/mol. The summed E-state index contributed by atoms with van der Waals surface area (Å²) in [7, 11) is 2.13. The van der Waals surface area contributed by atoms with Gasteiger partial charge in [-0.1, -0.05) is 18.0 Å². The number of aryl methyl sites for hydroxylation is 1. The van der Waals surface area contributed by atoms with Gasteiger partial charge in [0.1, 0.15) is 18.6 Å². The third kappa shape index (κ3) is 6.79. The van der Waals surface area contributed by atoms with Gasteiger partial charge in [0.15, 0.2) is 11.5 Å². The lowest BCUT2D eigenvalue weighted by Gasteiger charge is -2.42. The summed E-state index contributed by atoms with van der Waals surface area (Å²) in [5.74, 6) is -0.970. The van der Waals surface area contributed by atoms with E-state index in [1.165, 1.54) is 0 Å². The smallest absolute Gasteiger partial charge is 0.416 e. The van der Waals surface area contributed by atoms with Gasteiger partial charge in [-0.15, -0.1) is 0 Å². The van der Waals surface area contributed by atoms with Crippen LogP contribution in [-0.2, 0) is 37.0 Å². The van der Waals surface area contributed by atoms with Crippen LogP contribution in [0.5, 0.6) is 6.01 Å². The van der Waals surface area contributed by atoms with E-state index >= 15 is 4.39 Å². The van der Waals surface area contributed by atoms with Crippen molar-refractivity contribution in [2.24, 2.45) is 0 Å². The summed E-state index contributed by atoms with van der Waals surface area (Å²) < 4.78 is 86.9. The first kappa shape index (κ1) is 38.7. The fourth-order valence-corrected chi connectivity index (χ4v) is 10.6. The van der Waals surface area contributed by atoms with Crippen LogP contribution >= 0.6 is 11.6 Å². The summed E-state index contributed by atoms with van der Waals surface area (Å²) in [6.07, 6.45) is -0.608. The van der Waals surface area contributed by atoms with Crippen molar-refractivity contribution in [1.82, 2.24) is 34.4 Å². The summed E-state index contributed by atoms with van der Waals surface area (Å²) >= 11 is 7.05. The number of hydrogen-bond donors (Lipinski definition) is 1. The molecule has 0 saturated carbocycles. The molecule has 4 fully saturated rings. The average Bonchev–Trinajstić information content (AvgIpc) is 3.89. The van der Waals surface area contributed by atoms with E-state index in [-0.39, 0.29) is 54.4 Å². The first-order valence-electron chi connectivity index (χ1n) is 19.9. The van der Waals surface area contributed by atoms with Crippen LogP contribution in [0, 0.1) is 5.82 Å². The van der Waals surface area contributed by atoms with Crippen LogP contribution in [-0.4, -0.2) is 111 Å². The van der Waals surface area contributed by atoms with E-state index in [4.69, 9.17) is 41.9 Å². The Bertz CT molecular complexity index is 2070. The molecule has 1 spiro atoms. The van der Waals surface area contributed by atoms with Gasteiger partial charge in [0.05, 0.1) is 52.5 Å². The molecule has 4 saturated heterocycles. The SMILES string of the molecule is CN1CCCCC12CCN(C(=O)c1nn3c(c1Cl)CN(c1nc(OC[C@@]45CCCN4C[C@H](F)C5)nc4c1CO[C@H](c1c(C(F)(F)F)ccc(N)c1F)C4)CCC3)C2. The van der Waals surface area contributed by atoms with Crippen molar-refractivity contribution >= 4 is 29.0 Å². The van der Waals surface area contributed by atoms with E-state index < -0.39 is 46.6 Å². The third-order valence-corrected chi connectivity index (χ3v) is 13.8. The number of anilines is 2. The Morgan fingerprint density at radius 3 is 2.72 bits per heavy atom. The van der Waals surface area contributed by atoms with Gasteiger partial charge >= 0.3 is 12.2 Å². The molecule has 2 aromatic heterocycles. The van der Waals surface area contributed by atoms with Crippen molar-refractivity contribution < 1.29 is 36.2 Å². The number of nitrogens with zero attached hydrogens (tertiary/aromatic N) is 8. The number of rotatable bonds is 6. The summed E-state index contributed by atoms with van der Waals surface area (Å²) in [4.78, 5) is 31.9. The van der Waals surface area contributed by atoms with E-state index in [0.29, 0.717) is 68.3 Å². The fraction of sp³-hybridized carbons (Fsp3) is 0.641. The van der Waals surface area contributed by atoms with Gasteiger partial charge in [0.2, 0.25) is 0 Å². The lowest BCUT2D eigenvalue weighted by Crippen LogP contribution is -2.51. The maximum absolute atomic E-state index is 15.5. The van der Waals surface area contributed by atoms with Crippen LogP contribution < -0.4 is 15.4 Å². The third-order valence-electron chi connectivity index (χ3n) is 13.4. The Morgan fingerprint density at radius 1 is 1.07 bits per heavy atom. The first-order chi connectivity index (χ1) is 27.2. The predicted octanol–water partition coefficient (Wildman–Crippen LogP) is 5.95. The van der Waals surface area contributed by atoms with Gasteiger partial charge in [-0.25, -0.2) is 8.78 Å². The molecule has 3 aromatic rings. The van der Waals surface area contributed by atoms with E-state index in [0.717, 1.165) is 63.7 Å². The lowest BCUT2D eigenvalue weighted by molar-refractivity contribution is -0.140. The van der Waals surface area contributed by atoms with E-state index in [2.05, 4.69) is 16.8 Å². The molecule has 1 amide bonds. The number of aromatic nitrogens is 4. The van der Waals surface area contributed by atoms with Crippen molar-refractivity contribution in [2.75, 3.05) is 63.6 Å². The van der Waals surface area contributed by atoms with E-state index in [9.17, 15) is 22.4 Å². The summed E-state index contributed by atoms with van der Waals surface area (Å²) in [6.45, 7) is 4.43. The van der Waals surface area contributed by atoms with E-state index in [1.54, 1.807) is 4.68 Å². The minimum Gasteiger partial charge on any atom is -0.461 e. The summed E-state index contributed by atoms with van der Waals surface area (Å²) in [5, 5.41) is 5.00. The monoisotopic (exact) mass is 819 g/mol. The van der Waals surface area contributed by atoms with Crippen molar-refractivity contribution in [3.8, 4) is 6.01 Å². The molecule has 18 heteroatoms. The molecule has 9 rings (SSSR count). The van der Waals surface area contributed by atoms with Crippen molar-refractivity contribution in [3.63, 3.8) is 0 Å². The number of nitrogen functional groups attached to an aromatic ring is 1. The second-order valence-corrected chi connectivity index (χ2v) is 17.1. The van der Waals surface area contributed by atoms with Gasteiger partial charge in [-0.2, -0.15) is 28.2 Å². The number of amides is 1. The highest BCUT2D eigenvalue weighted by Crippen LogP contribution is 2.45. The number of likely N-dealkylation sites (N-methyl/N-ethyl adjacent to an activating group) is 1. The zero-order valence-electron chi connectivity index (χ0n) is 31.9. The normalized spacial score (nSPS) is 28.1. The van der Waals surface area contributed by atoms with Crippen molar-refractivity contribution in [3.05, 3.63) is 56.7 Å². The molecule has 6 aliphatic heterocycles. The number of carbonyl (C=O) groups is 1. The molecule has 8 heterocycles. The Hall–Kier alpha value is -3.80. The van der Waals surface area contributed by atoms with Gasteiger partial charge in [0, 0.05) is 62.2 Å². The molecular formula is C39H47ClF5N9O3. The van der Waals surface area contributed by atoms with Gasteiger partial charge in [-0.05, 0) is 70.8 Å². The second-order valence-electron chi connectivity index (χ2n) is 16.7. The van der Waals surface area contributed by atoms with Crippen molar-refractivity contribution in [1.29, 1.82) is 0 Å². The molecule has 308 valence electrons. The Kier molecular flexibility index (Phi) is 9.83. The van der Waals surface area contributed by atoms with Crippen LogP contribution in [0.3, 0.4) is 0 Å². The Labute approximate surface area is 332 Å². The zero-order chi connectivity index (χ0) is 39.9. The maximum Gasteiger partial charge on any atom is 0.416 e. The average molecular weight is 820 g/mol. The maximum atomic E-state index is 15.5. The molecule has 0 radical (unpaired) electrons. The molecule has 57 heavy (non-hydrogen) atoms. The molecule has 4 atom stereocenters. The molecule has 1 unspecified atom stereocenters. The molecule has 2 N–H and O–H groups in total. The van der Waals surface area contributed by atoms with Gasteiger partial charge in [0.25, 0.3) is 5.91 Å². The van der Waals surface area contributed by atoms with Crippen LogP contribution in [0.4, 0.5) is 33.5 Å². The second kappa shape index (κ2) is 14.5. The highest BCUT2D eigenvalue weighted by atomic mass is 35.5. The standard InChI is InChI=1S/C39H47ClF5N9O3/c1-50-11-3-2-8-37(50)10-15-52(21-37)35(55)33-31(40)28-19-51(12-5-14-54(28)49-33)34-24-20-56-29(30-25(39(43,44)45)6-7-26(46)32(30)42)16-27(24)47-36(48-34)57-22-38-9-4-13-53(38)18-23(41)17-38/h6-7,23,29H,2-5,8-22,46H2,1H3/t23-,29+,37?,38+/m1/s1. The number of carbonyl (C=O) groups excluding carboxylic acids is 1. The summed E-state index contributed by atoms with van der Waals surface area (Å²) in [6, 6.07) is 1.64. The Morgan fingerprint density at radius 2 is 1.91 bits per heavy atom. The Balaban J connectivity index is 1.04. The topological polar surface area (TPSA) is 118 Å². The van der Waals surface area contributed by atoms with Gasteiger partial charge in [-0.3, -0.25) is 19.3 Å². The van der Waals surface area contributed by atoms with Crippen LogP contribution in [0.15, 0.2) is 12.1 Å². The van der Waals surface area contributed by atoms with Crippen LogP contribution in [0.25, 0.3) is 0 Å². The number of nitrogens with two attached hydrogens (primary N) is 1.